The predicted molar refractivity (Wildman–Crippen MR) is 73.6 cm³/mol. The summed E-state index contributed by atoms with van der Waals surface area (Å²) in [6, 6.07) is 0.0199. The molecule has 1 aromatic rings. The number of H-pyrrole nitrogens is 1. The number of halogens is 1. The maximum absolute atomic E-state index is 12.6. The average molecular weight is 307 g/mol. The van der Waals surface area contributed by atoms with Crippen LogP contribution in [0.3, 0.4) is 0 Å². The van der Waals surface area contributed by atoms with Gasteiger partial charge in [-0.15, -0.1) is 11.6 Å². The number of rotatable bonds is 5. The van der Waals surface area contributed by atoms with Crippen LogP contribution in [-0.2, 0) is 15.9 Å². The van der Waals surface area contributed by atoms with Crippen molar-refractivity contribution in [2.24, 2.45) is 0 Å². The summed E-state index contributed by atoms with van der Waals surface area (Å²) in [5.41, 5.74) is 0.525. The maximum atomic E-state index is 12.6. The number of hydrogen-bond donors (Lipinski definition) is 1. The Labute approximate surface area is 118 Å². The highest BCUT2D eigenvalue weighted by Crippen LogP contribution is 2.27. The first-order valence-electron chi connectivity index (χ1n) is 6.21. The highest BCUT2D eigenvalue weighted by molar-refractivity contribution is 7.89. The van der Waals surface area contributed by atoms with Crippen LogP contribution >= 0.6 is 11.6 Å². The summed E-state index contributed by atoms with van der Waals surface area (Å²) in [4.78, 5) is 2.01. The molecule has 1 fully saturated rings. The number of likely N-dealkylation sites (N-methyl/N-ethyl adjacent to an activating group) is 1. The lowest BCUT2D eigenvalue weighted by Crippen LogP contribution is -2.41. The Hall–Kier alpha value is -0.630. The Morgan fingerprint density at radius 3 is 2.95 bits per heavy atom. The molecule has 108 valence electrons. The molecule has 0 aliphatic carbocycles. The smallest absolute Gasteiger partial charge is 0.260 e. The topological polar surface area (TPSA) is 69.3 Å². The highest BCUT2D eigenvalue weighted by Gasteiger charge is 2.37. The molecule has 2 rings (SSSR count). The van der Waals surface area contributed by atoms with Gasteiger partial charge in [-0.3, -0.25) is 5.10 Å². The fourth-order valence-corrected chi connectivity index (χ4v) is 4.54. The molecule has 1 aliphatic rings. The number of hydrogen-bond acceptors (Lipinski definition) is 4. The molecule has 1 atom stereocenters. The van der Waals surface area contributed by atoms with E-state index in [0.717, 1.165) is 19.4 Å². The minimum Gasteiger partial charge on any atom is -0.308 e. The van der Waals surface area contributed by atoms with E-state index in [-0.39, 0.29) is 16.9 Å². The SMILES string of the molecule is CN(C)CC1CCCN1S(=O)(=O)c1[nH]ncc1CCl. The summed E-state index contributed by atoms with van der Waals surface area (Å²) in [6.07, 6.45) is 3.25. The molecule has 1 unspecified atom stereocenters. The van der Waals surface area contributed by atoms with E-state index in [1.165, 1.54) is 6.20 Å². The Bertz CT molecular complexity index is 529. The van der Waals surface area contributed by atoms with Crippen molar-refractivity contribution < 1.29 is 8.42 Å². The molecule has 6 nitrogen and oxygen atoms in total. The van der Waals surface area contributed by atoms with Crippen LogP contribution in [0.5, 0.6) is 0 Å². The van der Waals surface area contributed by atoms with Crippen molar-refractivity contribution in [2.75, 3.05) is 27.2 Å². The summed E-state index contributed by atoms with van der Waals surface area (Å²) < 4.78 is 26.9. The standard InChI is InChI=1S/C11H19ClN4O2S/c1-15(2)8-10-4-3-5-16(10)19(17,18)11-9(6-12)7-13-14-11/h7,10H,3-6,8H2,1-2H3,(H,13,14). The zero-order valence-corrected chi connectivity index (χ0v) is 12.7. The van der Waals surface area contributed by atoms with Gasteiger partial charge in [0, 0.05) is 24.7 Å². The molecule has 2 heterocycles. The second-order valence-electron chi connectivity index (χ2n) is 5.03. The van der Waals surface area contributed by atoms with E-state index in [2.05, 4.69) is 10.2 Å². The van der Waals surface area contributed by atoms with Crippen molar-refractivity contribution >= 4 is 21.6 Å². The first kappa shape index (κ1) is 14.8. The van der Waals surface area contributed by atoms with Crippen LogP contribution in [0.25, 0.3) is 0 Å². The van der Waals surface area contributed by atoms with E-state index in [4.69, 9.17) is 11.6 Å². The van der Waals surface area contributed by atoms with Gasteiger partial charge in [0.05, 0.1) is 12.1 Å². The molecule has 0 saturated carbocycles. The lowest BCUT2D eigenvalue weighted by Gasteiger charge is -2.26. The molecule has 1 N–H and O–H groups in total. The van der Waals surface area contributed by atoms with Gasteiger partial charge in [0.1, 0.15) is 0 Å². The van der Waals surface area contributed by atoms with Crippen LogP contribution in [0.2, 0.25) is 0 Å². The zero-order chi connectivity index (χ0) is 14.0. The normalized spacial score (nSPS) is 21.4. The highest BCUT2D eigenvalue weighted by atomic mass is 35.5. The quantitative estimate of drug-likeness (QED) is 0.819. The number of aromatic nitrogens is 2. The maximum Gasteiger partial charge on any atom is 0.260 e. The van der Waals surface area contributed by atoms with Gasteiger partial charge in [-0.2, -0.15) is 9.40 Å². The van der Waals surface area contributed by atoms with Crippen LogP contribution in [-0.4, -0.2) is 61.0 Å². The van der Waals surface area contributed by atoms with Crippen LogP contribution in [0.1, 0.15) is 18.4 Å². The number of alkyl halides is 1. The van der Waals surface area contributed by atoms with Gasteiger partial charge < -0.3 is 4.90 Å². The summed E-state index contributed by atoms with van der Waals surface area (Å²) in [5.74, 6) is 0.136. The zero-order valence-electron chi connectivity index (χ0n) is 11.1. The third kappa shape index (κ3) is 2.94. The van der Waals surface area contributed by atoms with Crippen molar-refractivity contribution in [1.29, 1.82) is 0 Å². The molecule has 0 spiro atoms. The van der Waals surface area contributed by atoms with Crippen molar-refractivity contribution in [2.45, 2.75) is 29.8 Å². The van der Waals surface area contributed by atoms with Crippen molar-refractivity contribution in [3.05, 3.63) is 11.8 Å². The monoisotopic (exact) mass is 306 g/mol. The molecular formula is C11H19ClN4O2S. The number of nitrogens with zero attached hydrogens (tertiary/aromatic N) is 3. The molecule has 0 amide bonds. The number of sulfonamides is 1. The average Bonchev–Trinajstić information content (AvgIpc) is 2.95. The molecule has 1 aliphatic heterocycles. The van der Waals surface area contributed by atoms with Gasteiger partial charge in [-0.05, 0) is 26.9 Å². The predicted octanol–water partition coefficient (Wildman–Crippen LogP) is 0.863. The van der Waals surface area contributed by atoms with Gasteiger partial charge in [0.2, 0.25) is 0 Å². The fraction of sp³-hybridized carbons (Fsp3) is 0.727. The molecule has 8 heteroatoms. The summed E-state index contributed by atoms with van der Waals surface area (Å²) in [7, 11) is 0.367. The van der Waals surface area contributed by atoms with E-state index >= 15 is 0 Å². The van der Waals surface area contributed by atoms with Gasteiger partial charge in [0.25, 0.3) is 10.0 Å². The van der Waals surface area contributed by atoms with E-state index in [9.17, 15) is 8.42 Å². The van der Waals surface area contributed by atoms with Gasteiger partial charge in [0.15, 0.2) is 5.03 Å². The minimum atomic E-state index is -3.53. The molecule has 19 heavy (non-hydrogen) atoms. The number of nitrogens with one attached hydrogen (secondary N) is 1. The van der Waals surface area contributed by atoms with Crippen molar-refractivity contribution in [1.82, 2.24) is 19.4 Å². The lowest BCUT2D eigenvalue weighted by atomic mass is 10.2. The molecule has 0 radical (unpaired) electrons. The molecule has 0 aromatic carbocycles. The lowest BCUT2D eigenvalue weighted by molar-refractivity contribution is 0.290. The second kappa shape index (κ2) is 5.78. The van der Waals surface area contributed by atoms with E-state index < -0.39 is 10.0 Å². The first-order valence-corrected chi connectivity index (χ1v) is 8.19. The van der Waals surface area contributed by atoms with Gasteiger partial charge in [-0.25, -0.2) is 8.42 Å². The van der Waals surface area contributed by atoms with E-state index in [0.29, 0.717) is 12.1 Å². The van der Waals surface area contributed by atoms with Gasteiger partial charge in [-0.1, -0.05) is 0 Å². The molecule has 1 saturated heterocycles. The third-order valence-electron chi connectivity index (χ3n) is 3.29. The van der Waals surface area contributed by atoms with E-state index in [1.54, 1.807) is 4.31 Å². The second-order valence-corrected chi connectivity index (χ2v) is 7.13. The summed E-state index contributed by atoms with van der Waals surface area (Å²) in [5, 5.41) is 6.49. The van der Waals surface area contributed by atoms with Crippen LogP contribution in [0.4, 0.5) is 0 Å². The minimum absolute atomic E-state index is 0.0199. The van der Waals surface area contributed by atoms with Crippen molar-refractivity contribution in [3.63, 3.8) is 0 Å². The Morgan fingerprint density at radius 2 is 2.32 bits per heavy atom. The largest absolute Gasteiger partial charge is 0.308 e. The number of aromatic amines is 1. The van der Waals surface area contributed by atoms with Crippen molar-refractivity contribution in [3.8, 4) is 0 Å². The Balaban J connectivity index is 2.29. The Kier molecular flexibility index (Phi) is 4.50. The van der Waals surface area contributed by atoms with E-state index in [1.807, 2.05) is 19.0 Å². The molecular weight excluding hydrogens is 288 g/mol. The third-order valence-corrected chi connectivity index (χ3v) is 5.54. The van der Waals surface area contributed by atoms with Crippen LogP contribution < -0.4 is 0 Å². The summed E-state index contributed by atoms with van der Waals surface area (Å²) >= 11 is 5.76. The fourth-order valence-electron chi connectivity index (χ4n) is 2.46. The van der Waals surface area contributed by atoms with Crippen LogP contribution in [0.15, 0.2) is 11.2 Å². The van der Waals surface area contributed by atoms with Gasteiger partial charge >= 0.3 is 0 Å². The first-order chi connectivity index (χ1) is 8.96. The summed E-state index contributed by atoms with van der Waals surface area (Å²) in [6.45, 7) is 1.28. The molecule has 0 bridgehead atoms. The van der Waals surface area contributed by atoms with Crippen LogP contribution in [0, 0.1) is 0 Å². The molecule has 1 aromatic heterocycles. The Morgan fingerprint density at radius 1 is 1.58 bits per heavy atom.